The van der Waals surface area contributed by atoms with Crippen LogP contribution in [0, 0.1) is 0 Å². The number of ether oxygens (including phenoxy) is 1. The Morgan fingerprint density at radius 1 is 1.69 bits per heavy atom. The van der Waals surface area contributed by atoms with E-state index in [0.29, 0.717) is 6.04 Å². The predicted molar refractivity (Wildman–Crippen MR) is 63.4 cm³/mol. The van der Waals surface area contributed by atoms with Crippen molar-refractivity contribution in [1.82, 2.24) is 9.88 Å². The largest absolute Gasteiger partial charge is 0.390 e. The van der Waals surface area contributed by atoms with Gasteiger partial charge in [0.25, 0.3) is 0 Å². The monoisotopic (exact) mass is 242 g/mol. The van der Waals surface area contributed by atoms with E-state index >= 15 is 0 Å². The Hall–Kier alpha value is -0.490. The molecule has 4 nitrogen and oxygen atoms in total. The van der Waals surface area contributed by atoms with Crippen molar-refractivity contribution >= 4 is 11.3 Å². The van der Waals surface area contributed by atoms with Crippen LogP contribution >= 0.6 is 11.3 Å². The molecule has 16 heavy (non-hydrogen) atoms. The maximum atomic E-state index is 8.98. The maximum absolute atomic E-state index is 8.98. The summed E-state index contributed by atoms with van der Waals surface area (Å²) < 4.78 is 5.73. The van der Waals surface area contributed by atoms with Gasteiger partial charge in [0.2, 0.25) is 0 Å². The van der Waals surface area contributed by atoms with Crippen LogP contribution in [0.2, 0.25) is 0 Å². The van der Waals surface area contributed by atoms with Gasteiger partial charge in [0, 0.05) is 24.5 Å². The first-order valence-electron chi connectivity index (χ1n) is 5.61. The van der Waals surface area contributed by atoms with E-state index in [1.807, 2.05) is 5.38 Å². The second-order valence-electron chi connectivity index (χ2n) is 4.28. The van der Waals surface area contributed by atoms with Gasteiger partial charge in [-0.2, -0.15) is 0 Å². The molecule has 1 saturated heterocycles. The molecule has 0 saturated carbocycles. The number of aliphatic hydroxyl groups is 1. The average molecular weight is 242 g/mol. The Balaban J connectivity index is 2.03. The molecule has 0 spiro atoms. The van der Waals surface area contributed by atoms with Crippen LogP contribution < -0.4 is 0 Å². The molecule has 1 unspecified atom stereocenters. The minimum Gasteiger partial charge on any atom is -0.390 e. The molecule has 2 rings (SSSR count). The van der Waals surface area contributed by atoms with E-state index in [-0.39, 0.29) is 12.7 Å². The number of hydrogen-bond acceptors (Lipinski definition) is 5. The lowest BCUT2D eigenvalue weighted by molar-refractivity contribution is -0.0403. The van der Waals surface area contributed by atoms with E-state index in [1.165, 1.54) is 0 Å². The SMILES string of the molecule is CC(C)N1CCOC(c2nc(CO)cs2)C1. The lowest BCUT2D eigenvalue weighted by atomic mass is 10.2. The standard InChI is InChI=1S/C11H18N2O2S/c1-8(2)13-3-4-15-10(5-13)11-12-9(6-14)7-16-11/h7-8,10,14H,3-6H2,1-2H3. The highest BCUT2D eigenvalue weighted by Crippen LogP contribution is 2.26. The maximum Gasteiger partial charge on any atom is 0.123 e. The molecule has 0 aromatic carbocycles. The van der Waals surface area contributed by atoms with E-state index in [9.17, 15) is 0 Å². The highest BCUT2D eigenvalue weighted by atomic mass is 32.1. The molecule has 1 aromatic rings. The van der Waals surface area contributed by atoms with Gasteiger partial charge in [-0.3, -0.25) is 4.90 Å². The zero-order valence-corrected chi connectivity index (χ0v) is 10.5. The molecule has 1 atom stereocenters. The van der Waals surface area contributed by atoms with Crippen molar-refractivity contribution in [3.8, 4) is 0 Å². The van der Waals surface area contributed by atoms with Crippen LogP contribution in [0.5, 0.6) is 0 Å². The number of aliphatic hydroxyl groups excluding tert-OH is 1. The summed E-state index contributed by atoms with van der Waals surface area (Å²) in [5.41, 5.74) is 0.741. The highest BCUT2D eigenvalue weighted by molar-refractivity contribution is 7.09. The van der Waals surface area contributed by atoms with Crippen molar-refractivity contribution in [2.24, 2.45) is 0 Å². The molecule has 2 heterocycles. The summed E-state index contributed by atoms with van der Waals surface area (Å²) in [6, 6.07) is 0.545. The fraction of sp³-hybridized carbons (Fsp3) is 0.727. The molecule has 0 bridgehead atoms. The quantitative estimate of drug-likeness (QED) is 0.870. The summed E-state index contributed by atoms with van der Waals surface area (Å²) in [6.07, 6.45) is 0.0708. The minimum atomic E-state index is 0.0110. The van der Waals surface area contributed by atoms with E-state index in [0.717, 1.165) is 30.4 Å². The molecule has 1 fully saturated rings. The van der Waals surface area contributed by atoms with Gasteiger partial charge in [-0.1, -0.05) is 0 Å². The molecule has 1 aliphatic rings. The van der Waals surface area contributed by atoms with Gasteiger partial charge in [-0.25, -0.2) is 4.98 Å². The second-order valence-corrected chi connectivity index (χ2v) is 5.17. The van der Waals surface area contributed by atoms with Crippen LogP contribution in [0.25, 0.3) is 0 Å². The molecule has 0 aliphatic carbocycles. The molecule has 0 radical (unpaired) electrons. The fourth-order valence-electron chi connectivity index (χ4n) is 1.83. The van der Waals surface area contributed by atoms with Crippen molar-refractivity contribution in [3.63, 3.8) is 0 Å². The van der Waals surface area contributed by atoms with E-state index in [4.69, 9.17) is 9.84 Å². The number of aromatic nitrogens is 1. The van der Waals surface area contributed by atoms with Crippen molar-refractivity contribution < 1.29 is 9.84 Å². The second kappa shape index (κ2) is 5.23. The molecule has 1 N–H and O–H groups in total. The van der Waals surface area contributed by atoms with Crippen LogP contribution in [-0.2, 0) is 11.3 Å². The Bertz CT molecular complexity index is 340. The predicted octanol–water partition coefficient (Wildman–Crippen LogP) is 1.42. The summed E-state index contributed by atoms with van der Waals surface area (Å²) in [6.45, 7) is 7.06. The smallest absolute Gasteiger partial charge is 0.123 e. The Labute approximate surface area is 99.9 Å². The number of rotatable bonds is 3. The molecule has 0 amide bonds. The first-order chi connectivity index (χ1) is 7.70. The van der Waals surface area contributed by atoms with Crippen LogP contribution in [0.15, 0.2) is 5.38 Å². The Morgan fingerprint density at radius 2 is 2.50 bits per heavy atom. The molecule has 90 valence electrons. The first-order valence-corrected chi connectivity index (χ1v) is 6.49. The summed E-state index contributed by atoms with van der Waals surface area (Å²) in [5.74, 6) is 0. The topological polar surface area (TPSA) is 45.6 Å². The van der Waals surface area contributed by atoms with Crippen molar-refractivity contribution in [1.29, 1.82) is 0 Å². The number of nitrogens with zero attached hydrogens (tertiary/aromatic N) is 2. The summed E-state index contributed by atoms with van der Waals surface area (Å²) in [5, 5.41) is 11.9. The third-order valence-corrected chi connectivity index (χ3v) is 3.82. The van der Waals surface area contributed by atoms with Crippen molar-refractivity contribution in [3.05, 3.63) is 16.1 Å². The summed E-state index contributed by atoms with van der Waals surface area (Å²) >= 11 is 1.57. The van der Waals surface area contributed by atoms with Gasteiger partial charge < -0.3 is 9.84 Å². The van der Waals surface area contributed by atoms with Gasteiger partial charge in [0.1, 0.15) is 11.1 Å². The van der Waals surface area contributed by atoms with Crippen molar-refractivity contribution in [2.45, 2.75) is 32.6 Å². The minimum absolute atomic E-state index is 0.0110. The van der Waals surface area contributed by atoms with E-state index in [1.54, 1.807) is 11.3 Å². The number of morpholine rings is 1. The summed E-state index contributed by atoms with van der Waals surface area (Å²) in [7, 11) is 0. The first kappa shape index (κ1) is 12.0. The molecular formula is C11H18N2O2S. The van der Waals surface area contributed by atoms with Gasteiger partial charge >= 0.3 is 0 Å². The zero-order valence-electron chi connectivity index (χ0n) is 9.72. The van der Waals surface area contributed by atoms with Crippen molar-refractivity contribution in [2.75, 3.05) is 19.7 Å². The number of hydrogen-bond donors (Lipinski definition) is 1. The molecule has 5 heteroatoms. The normalized spacial score (nSPS) is 22.9. The van der Waals surface area contributed by atoms with Crippen LogP contribution in [0.3, 0.4) is 0 Å². The third-order valence-electron chi connectivity index (χ3n) is 2.84. The fourth-order valence-corrected chi connectivity index (χ4v) is 2.68. The van der Waals surface area contributed by atoms with Crippen LogP contribution in [0.4, 0.5) is 0 Å². The Kier molecular flexibility index (Phi) is 3.91. The third kappa shape index (κ3) is 2.60. The lowest BCUT2D eigenvalue weighted by Crippen LogP contribution is -2.42. The number of thiazole rings is 1. The zero-order chi connectivity index (χ0) is 11.5. The summed E-state index contributed by atoms with van der Waals surface area (Å²) in [4.78, 5) is 6.76. The van der Waals surface area contributed by atoms with Gasteiger partial charge in [0.15, 0.2) is 0 Å². The van der Waals surface area contributed by atoms with Crippen LogP contribution in [0.1, 0.15) is 30.7 Å². The Morgan fingerprint density at radius 3 is 3.12 bits per heavy atom. The molecular weight excluding hydrogens is 224 g/mol. The van der Waals surface area contributed by atoms with Gasteiger partial charge in [0.05, 0.1) is 18.9 Å². The average Bonchev–Trinajstić information content (AvgIpc) is 2.77. The molecule has 1 aromatic heterocycles. The van der Waals surface area contributed by atoms with E-state index in [2.05, 4.69) is 23.7 Å². The highest BCUT2D eigenvalue weighted by Gasteiger charge is 2.25. The van der Waals surface area contributed by atoms with Gasteiger partial charge in [-0.15, -0.1) is 11.3 Å². The van der Waals surface area contributed by atoms with Gasteiger partial charge in [-0.05, 0) is 13.8 Å². The van der Waals surface area contributed by atoms with Crippen LogP contribution in [-0.4, -0.2) is 40.7 Å². The van der Waals surface area contributed by atoms with E-state index < -0.39 is 0 Å². The lowest BCUT2D eigenvalue weighted by Gasteiger charge is -2.34. The molecule has 1 aliphatic heterocycles.